The number of nitrogens with zero attached hydrogens (tertiary/aromatic N) is 3. The van der Waals surface area contributed by atoms with Crippen LogP contribution in [-0.2, 0) is 19.1 Å². The van der Waals surface area contributed by atoms with E-state index in [1.165, 1.54) is 12.1 Å². The van der Waals surface area contributed by atoms with E-state index in [-0.39, 0.29) is 36.3 Å². The van der Waals surface area contributed by atoms with Crippen molar-refractivity contribution in [3.63, 3.8) is 0 Å². The van der Waals surface area contributed by atoms with Gasteiger partial charge in [-0.25, -0.2) is 9.38 Å². The number of H-pyrrole nitrogens is 1. The summed E-state index contributed by atoms with van der Waals surface area (Å²) in [7, 11) is 1.81. The van der Waals surface area contributed by atoms with E-state index in [0.29, 0.717) is 19.0 Å². The number of aliphatic hydroxyl groups is 1. The highest BCUT2D eigenvalue weighted by molar-refractivity contribution is 14.0. The Kier molecular flexibility index (Phi) is 8.03. The summed E-state index contributed by atoms with van der Waals surface area (Å²) in [6.45, 7) is 5.30. The van der Waals surface area contributed by atoms with Crippen LogP contribution in [0.5, 0.6) is 0 Å². The topological polar surface area (TPSA) is 90.3 Å². The molecule has 0 bridgehead atoms. The zero-order chi connectivity index (χ0) is 20.1. The van der Waals surface area contributed by atoms with E-state index in [4.69, 9.17) is 0 Å². The number of aliphatic imine (C=N–C) groups is 1. The van der Waals surface area contributed by atoms with Crippen LogP contribution in [0.3, 0.4) is 0 Å². The lowest BCUT2D eigenvalue weighted by Crippen LogP contribution is -2.39. The van der Waals surface area contributed by atoms with Crippen LogP contribution >= 0.6 is 24.0 Å². The lowest BCUT2D eigenvalue weighted by Gasteiger charge is -2.20. The minimum absolute atomic E-state index is 0. The first-order valence-corrected chi connectivity index (χ1v) is 9.38. The summed E-state index contributed by atoms with van der Waals surface area (Å²) >= 11 is 0. The Balaban J connectivity index is 0.00000300. The third-order valence-corrected chi connectivity index (χ3v) is 4.63. The fraction of sp³-hybridized carbons (Fsp3) is 0.400. The number of aromatic amines is 1. The van der Waals surface area contributed by atoms with Gasteiger partial charge in [-0.05, 0) is 44.0 Å². The maximum Gasteiger partial charge on any atom is 0.191 e. The number of hydrogen-bond donors (Lipinski definition) is 4. The maximum absolute atomic E-state index is 13.3. The molecule has 2 heterocycles. The van der Waals surface area contributed by atoms with E-state index < -0.39 is 5.60 Å². The Morgan fingerprint density at radius 1 is 1.38 bits per heavy atom. The van der Waals surface area contributed by atoms with Crippen LogP contribution in [0.4, 0.5) is 4.39 Å². The van der Waals surface area contributed by atoms with Gasteiger partial charge >= 0.3 is 0 Å². The Morgan fingerprint density at radius 3 is 2.86 bits per heavy atom. The number of hydrogen-bond acceptors (Lipinski definition) is 3. The summed E-state index contributed by atoms with van der Waals surface area (Å²) in [5.74, 6) is 0.388. The normalized spacial score (nSPS) is 13.8. The van der Waals surface area contributed by atoms with Gasteiger partial charge in [0.05, 0.1) is 12.7 Å². The fourth-order valence-electron chi connectivity index (χ4n) is 3.05. The minimum atomic E-state index is -1.10. The van der Waals surface area contributed by atoms with E-state index in [2.05, 4.69) is 25.7 Å². The third kappa shape index (κ3) is 5.92. The molecule has 0 aliphatic carbocycles. The molecule has 1 unspecified atom stereocenters. The highest BCUT2D eigenvalue weighted by Gasteiger charge is 2.24. The van der Waals surface area contributed by atoms with E-state index in [1.54, 1.807) is 30.1 Å². The van der Waals surface area contributed by atoms with Gasteiger partial charge in [-0.1, -0.05) is 0 Å². The molecule has 7 nitrogen and oxygen atoms in total. The van der Waals surface area contributed by atoms with E-state index >= 15 is 0 Å². The van der Waals surface area contributed by atoms with Crippen LogP contribution < -0.4 is 10.6 Å². The van der Waals surface area contributed by atoms with Crippen molar-refractivity contribution in [2.45, 2.75) is 25.9 Å². The molecule has 3 aromatic rings. The predicted molar refractivity (Wildman–Crippen MR) is 124 cm³/mol. The van der Waals surface area contributed by atoms with Crippen molar-refractivity contribution in [1.82, 2.24) is 25.4 Å². The molecule has 4 N–H and O–H groups in total. The Hall–Kier alpha value is -2.14. The highest BCUT2D eigenvalue weighted by atomic mass is 127. The highest BCUT2D eigenvalue weighted by Crippen LogP contribution is 2.20. The monoisotopic (exact) mass is 514 g/mol. The second-order valence-electron chi connectivity index (χ2n) is 7.05. The lowest BCUT2D eigenvalue weighted by molar-refractivity contribution is 0.0672. The predicted octanol–water partition coefficient (Wildman–Crippen LogP) is 2.66. The molecule has 0 aliphatic rings. The van der Waals surface area contributed by atoms with Crippen molar-refractivity contribution in [3.8, 4) is 0 Å². The molecular weight excluding hydrogens is 486 g/mol. The second kappa shape index (κ2) is 10.1. The minimum Gasteiger partial charge on any atom is -0.383 e. The standard InChI is InChI=1S/C20H27FN6O.HI/c1-4-22-19(25-13-20(2,28)15-11-26-27(3)12-15)23-8-7-14-10-24-18-9-16(21)5-6-17(14)18;/h5-6,9-12,24,28H,4,7-8,13H2,1-3H3,(H2,22,23,25);1H. The Morgan fingerprint density at radius 2 is 2.17 bits per heavy atom. The molecule has 1 atom stereocenters. The van der Waals surface area contributed by atoms with Gasteiger partial charge in [0.15, 0.2) is 5.96 Å². The summed E-state index contributed by atoms with van der Waals surface area (Å²) in [6.07, 6.45) is 6.10. The summed E-state index contributed by atoms with van der Waals surface area (Å²) in [5, 5.41) is 22.3. The number of halogens is 2. The quantitative estimate of drug-likeness (QED) is 0.222. The van der Waals surface area contributed by atoms with Crippen molar-refractivity contribution in [2.24, 2.45) is 12.0 Å². The molecule has 0 amide bonds. The van der Waals surface area contributed by atoms with Crippen molar-refractivity contribution in [2.75, 3.05) is 19.6 Å². The average Bonchev–Trinajstić information content (AvgIpc) is 3.26. The molecule has 0 aliphatic heterocycles. The van der Waals surface area contributed by atoms with Crippen LogP contribution in [-0.4, -0.2) is 45.5 Å². The van der Waals surface area contributed by atoms with Gasteiger partial charge in [0.25, 0.3) is 0 Å². The van der Waals surface area contributed by atoms with E-state index in [0.717, 1.165) is 28.5 Å². The average molecular weight is 514 g/mol. The van der Waals surface area contributed by atoms with Gasteiger partial charge in [-0.3, -0.25) is 4.68 Å². The number of rotatable bonds is 7. The van der Waals surface area contributed by atoms with Gasteiger partial charge in [0.1, 0.15) is 11.4 Å². The summed E-state index contributed by atoms with van der Waals surface area (Å²) in [5.41, 5.74) is 1.53. The van der Waals surface area contributed by atoms with Gasteiger partial charge in [0, 0.05) is 49.0 Å². The third-order valence-electron chi connectivity index (χ3n) is 4.63. The van der Waals surface area contributed by atoms with E-state index in [9.17, 15) is 9.50 Å². The number of aryl methyl sites for hydroxylation is 1. The maximum atomic E-state index is 13.3. The molecule has 1 aromatic carbocycles. The Labute approximate surface area is 186 Å². The van der Waals surface area contributed by atoms with Crippen molar-refractivity contribution < 1.29 is 9.50 Å². The van der Waals surface area contributed by atoms with Crippen LogP contribution in [0.15, 0.2) is 41.8 Å². The lowest BCUT2D eigenvalue weighted by atomic mass is 10.0. The fourth-order valence-corrected chi connectivity index (χ4v) is 3.05. The van der Waals surface area contributed by atoms with Crippen molar-refractivity contribution in [3.05, 3.63) is 53.7 Å². The van der Waals surface area contributed by atoms with Gasteiger partial charge in [-0.2, -0.15) is 5.10 Å². The Bertz CT molecular complexity index is 965. The van der Waals surface area contributed by atoms with Crippen LogP contribution in [0, 0.1) is 5.82 Å². The molecule has 3 rings (SSSR count). The summed E-state index contributed by atoms with van der Waals surface area (Å²) in [4.78, 5) is 7.62. The first kappa shape index (κ1) is 23.1. The summed E-state index contributed by atoms with van der Waals surface area (Å²) in [6, 6.07) is 4.76. The van der Waals surface area contributed by atoms with Crippen LogP contribution in [0.25, 0.3) is 10.9 Å². The molecule has 0 saturated carbocycles. The first-order chi connectivity index (χ1) is 13.4. The first-order valence-electron chi connectivity index (χ1n) is 9.38. The molecule has 29 heavy (non-hydrogen) atoms. The van der Waals surface area contributed by atoms with Crippen LogP contribution in [0.2, 0.25) is 0 Å². The molecule has 0 fully saturated rings. The zero-order valence-corrected chi connectivity index (χ0v) is 19.2. The zero-order valence-electron chi connectivity index (χ0n) is 16.9. The van der Waals surface area contributed by atoms with Gasteiger partial charge in [-0.15, -0.1) is 24.0 Å². The van der Waals surface area contributed by atoms with Gasteiger partial charge in [0.2, 0.25) is 0 Å². The largest absolute Gasteiger partial charge is 0.383 e. The number of benzene rings is 1. The van der Waals surface area contributed by atoms with Crippen LogP contribution in [0.1, 0.15) is 25.0 Å². The summed E-state index contributed by atoms with van der Waals surface area (Å²) < 4.78 is 15.0. The number of nitrogens with one attached hydrogen (secondary N) is 3. The SMILES string of the molecule is CCNC(=NCC(C)(O)c1cnn(C)c1)NCCc1c[nH]c2cc(F)ccc12.I. The van der Waals surface area contributed by atoms with Crippen molar-refractivity contribution >= 4 is 40.8 Å². The molecule has 0 spiro atoms. The molecule has 2 aromatic heterocycles. The number of fused-ring (bicyclic) bond motifs is 1. The molecule has 9 heteroatoms. The van der Waals surface area contributed by atoms with Crippen molar-refractivity contribution in [1.29, 1.82) is 0 Å². The second-order valence-corrected chi connectivity index (χ2v) is 7.05. The smallest absolute Gasteiger partial charge is 0.191 e. The van der Waals surface area contributed by atoms with E-state index in [1.807, 2.05) is 20.2 Å². The number of guanidine groups is 1. The molecular formula is C20H28FIN6O. The molecule has 0 saturated heterocycles. The molecule has 158 valence electrons. The van der Waals surface area contributed by atoms with Gasteiger partial charge < -0.3 is 20.7 Å². The number of aromatic nitrogens is 3. The molecule has 0 radical (unpaired) electrons.